The number of thiophene rings is 1. The molecule has 0 unspecified atom stereocenters. The molecule has 1 atom stereocenters. The number of thioether (sulfide) groups is 1. The third kappa shape index (κ3) is 4.31. The summed E-state index contributed by atoms with van der Waals surface area (Å²) in [5.41, 5.74) is 1.30. The molecule has 0 aliphatic carbocycles. The van der Waals surface area contributed by atoms with Gasteiger partial charge in [0.05, 0.1) is 30.8 Å². The van der Waals surface area contributed by atoms with Crippen LogP contribution in [0.15, 0.2) is 5.16 Å². The summed E-state index contributed by atoms with van der Waals surface area (Å²) >= 11 is 3.37. The van der Waals surface area contributed by atoms with Crippen molar-refractivity contribution in [1.82, 2.24) is 14.9 Å². The zero-order chi connectivity index (χ0) is 19.6. The molecule has 2 aromatic rings. The molecule has 1 fully saturated rings. The number of anilines is 1. The molecule has 0 saturated carbocycles. The first-order valence-electron chi connectivity index (χ1n) is 10.2. The molecule has 0 spiro atoms. The van der Waals surface area contributed by atoms with Crippen LogP contribution in [-0.2, 0) is 22.5 Å². The molecule has 0 radical (unpaired) electrons. The fourth-order valence-corrected chi connectivity index (χ4v) is 5.36. The molecule has 154 valence electrons. The van der Waals surface area contributed by atoms with Crippen LogP contribution in [0.25, 0.3) is 10.2 Å². The second-order valence-corrected chi connectivity index (χ2v) is 9.60. The monoisotopic (exact) mass is 422 g/mol. The average molecular weight is 423 g/mol. The summed E-state index contributed by atoms with van der Waals surface area (Å²) in [6.07, 6.45) is 5.08. The Labute approximate surface area is 175 Å². The zero-order valence-electron chi connectivity index (χ0n) is 17.0. The van der Waals surface area contributed by atoms with Gasteiger partial charge in [-0.1, -0.05) is 18.7 Å². The average Bonchev–Trinajstić information content (AvgIpc) is 3.09. The fraction of sp³-hybridized carbons (Fsp3) is 0.700. The van der Waals surface area contributed by atoms with Gasteiger partial charge in [0.2, 0.25) is 0 Å². The molecule has 0 bridgehead atoms. The number of hydrogen-bond donors (Lipinski definition) is 1. The topological polar surface area (TPSA) is 59.5 Å². The van der Waals surface area contributed by atoms with E-state index in [1.807, 2.05) is 6.26 Å². The Hall–Kier alpha value is -0.930. The van der Waals surface area contributed by atoms with E-state index in [2.05, 4.69) is 24.1 Å². The standard InChI is InChI=1S/C20H30N4O2S2/c1-4-20(2)12-14-15(13-26-20)28-18-16(14)17(22-19(23-18)27-3)21-6-5-7-24-8-10-25-11-9-24/h4-13H2,1-3H3,(H,21,22,23)/t20-/m1/s1. The number of hydrogen-bond acceptors (Lipinski definition) is 8. The van der Waals surface area contributed by atoms with Gasteiger partial charge in [-0.3, -0.25) is 4.90 Å². The summed E-state index contributed by atoms with van der Waals surface area (Å²) in [6.45, 7) is 10.9. The van der Waals surface area contributed by atoms with Crippen molar-refractivity contribution >= 4 is 39.1 Å². The van der Waals surface area contributed by atoms with Gasteiger partial charge in [-0.05, 0) is 38.1 Å². The molecule has 6 nitrogen and oxygen atoms in total. The first kappa shape index (κ1) is 20.3. The SMILES string of the molecule is CC[C@]1(C)Cc2c(sc3nc(SC)nc(NCCCN4CCOCC4)c23)CO1. The van der Waals surface area contributed by atoms with E-state index in [4.69, 9.17) is 19.4 Å². The highest BCUT2D eigenvalue weighted by Gasteiger charge is 2.33. The lowest BCUT2D eigenvalue weighted by Crippen LogP contribution is -2.37. The van der Waals surface area contributed by atoms with E-state index < -0.39 is 0 Å². The van der Waals surface area contributed by atoms with Crippen LogP contribution in [0.2, 0.25) is 0 Å². The van der Waals surface area contributed by atoms with Crippen LogP contribution in [0.1, 0.15) is 37.1 Å². The van der Waals surface area contributed by atoms with Crippen LogP contribution in [0.3, 0.4) is 0 Å². The van der Waals surface area contributed by atoms with Crippen LogP contribution in [0.4, 0.5) is 5.82 Å². The van der Waals surface area contributed by atoms with Gasteiger partial charge in [0.25, 0.3) is 0 Å². The van der Waals surface area contributed by atoms with E-state index in [1.165, 1.54) is 15.8 Å². The molecule has 28 heavy (non-hydrogen) atoms. The van der Waals surface area contributed by atoms with Gasteiger partial charge in [-0.2, -0.15) is 0 Å². The van der Waals surface area contributed by atoms with Crippen LogP contribution in [0.5, 0.6) is 0 Å². The maximum atomic E-state index is 6.15. The summed E-state index contributed by atoms with van der Waals surface area (Å²) in [4.78, 5) is 14.5. The molecule has 0 aromatic carbocycles. The van der Waals surface area contributed by atoms with E-state index in [0.717, 1.165) is 74.5 Å². The highest BCUT2D eigenvalue weighted by Crippen LogP contribution is 2.42. The van der Waals surface area contributed by atoms with Crippen LogP contribution < -0.4 is 5.32 Å². The molecular weight excluding hydrogens is 392 g/mol. The van der Waals surface area contributed by atoms with Crippen molar-refractivity contribution in [3.63, 3.8) is 0 Å². The smallest absolute Gasteiger partial charge is 0.190 e. The van der Waals surface area contributed by atoms with Gasteiger partial charge >= 0.3 is 0 Å². The molecular formula is C20H30N4O2S2. The van der Waals surface area contributed by atoms with Gasteiger partial charge in [-0.15, -0.1) is 11.3 Å². The summed E-state index contributed by atoms with van der Waals surface area (Å²) in [5.74, 6) is 0.995. The van der Waals surface area contributed by atoms with Gasteiger partial charge in [0.15, 0.2) is 5.16 Å². The van der Waals surface area contributed by atoms with Crippen molar-refractivity contribution < 1.29 is 9.47 Å². The first-order chi connectivity index (χ1) is 13.6. The molecule has 2 aliphatic rings. The normalized spacial score (nSPS) is 23.1. The lowest BCUT2D eigenvalue weighted by Gasteiger charge is -2.33. The highest BCUT2D eigenvalue weighted by atomic mass is 32.2. The minimum atomic E-state index is -0.0905. The number of fused-ring (bicyclic) bond motifs is 3. The maximum absolute atomic E-state index is 6.15. The second kappa shape index (κ2) is 8.83. The zero-order valence-corrected chi connectivity index (χ0v) is 18.7. The lowest BCUT2D eigenvalue weighted by molar-refractivity contribution is -0.0542. The number of rotatable bonds is 7. The predicted molar refractivity (Wildman–Crippen MR) is 117 cm³/mol. The Morgan fingerprint density at radius 1 is 1.29 bits per heavy atom. The number of aromatic nitrogens is 2. The number of nitrogens with one attached hydrogen (secondary N) is 1. The largest absolute Gasteiger partial charge is 0.379 e. The summed E-state index contributed by atoms with van der Waals surface area (Å²) in [5, 5.41) is 5.68. The van der Waals surface area contributed by atoms with Crippen molar-refractivity contribution in [2.45, 2.75) is 50.5 Å². The van der Waals surface area contributed by atoms with Crippen molar-refractivity contribution in [2.75, 3.05) is 51.0 Å². The third-order valence-electron chi connectivity index (χ3n) is 5.79. The Morgan fingerprint density at radius 2 is 2.11 bits per heavy atom. The Morgan fingerprint density at radius 3 is 2.86 bits per heavy atom. The van der Waals surface area contributed by atoms with E-state index in [1.54, 1.807) is 23.1 Å². The highest BCUT2D eigenvalue weighted by molar-refractivity contribution is 7.98. The summed E-state index contributed by atoms with van der Waals surface area (Å²) < 4.78 is 11.6. The Kier molecular flexibility index (Phi) is 6.42. The van der Waals surface area contributed by atoms with Gasteiger partial charge in [-0.25, -0.2) is 9.97 Å². The van der Waals surface area contributed by atoms with E-state index in [-0.39, 0.29) is 5.60 Å². The van der Waals surface area contributed by atoms with Crippen molar-refractivity contribution in [3.05, 3.63) is 10.4 Å². The molecule has 0 amide bonds. The van der Waals surface area contributed by atoms with Crippen molar-refractivity contribution in [3.8, 4) is 0 Å². The van der Waals surface area contributed by atoms with Crippen LogP contribution in [0, 0.1) is 0 Å². The van der Waals surface area contributed by atoms with E-state index >= 15 is 0 Å². The molecule has 4 rings (SSSR count). The lowest BCUT2D eigenvalue weighted by atomic mass is 9.90. The Bertz CT molecular complexity index is 822. The molecule has 2 aliphatic heterocycles. The van der Waals surface area contributed by atoms with E-state index in [0.29, 0.717) is 6.61 Å². The number of morpholine rings is 1. The molecule has 4 heterocycles. The molecule has 8 heteroatoms. The third-order valence-corrected chi connectivity index (χ3v) is 7.44. The van der Waals surface area contributed by atoms with Crippen LogP contribution in [-0.4, -0.2) is 66.1 Å². The van der Waals surface area contributed by atoms with Crippen LogP contribution >= 0.6 is 23.1 Å². The maximum Gasteiger partial charge on any atom is 0.190 e. The molecule has 1 N–H and O–H groups in total. The van der Waals surface area contributed by atoms with Gasteiger partial charge < -0.3 is 14.8 Å². The second-order valence-electron chi connectivity index (χ2n) is 7.75. The molecule has 1 saturated heterocycles. The van der Waals surface area contributed by atoms with Gasteiger partial charge in [0.1, 0.15) is 10.6 Å². The number of nitrogens with zero attached hydrogens (tertiary/aromatic N) is 3. The number of ether oxygens (including phenoxy) is 2. The minimum Gasteiger partial charge on any atom is -0.379 e. The summed E-state index contributed by atoms with van der Waals surface area (Å²) in [7, 11) is 0. The van der Waals surface area contributed by atoms with E-state index in [9.17, 15) is 0 Å². The minimum absolute atomic E-state index is 0.0905. The summed E-state index contributed by atoms with van der Waals surface area (Å²) in [6, 6.07) is 0. The van der Waals surface area contributed by atoms with Crippen molar-refractivity contribution in [1.29, 1.82) is 0 Å². The quantitative estimate of drug-likeness (QED) is 0.414. The van der Waals surface area contributed by atoms with Crippen molar-refractivity contribution in [2.24, 2.45) is 0 Å². The predicted octanol–water partition coefficient (Wildman–Crippen LogP) is 3.79. The van der Waals surface area contributed by atoms with Gasteiger partial charge in [0, 0.05) is 30.9 Å². The Balaban J connectivity index is 1.53. The molecule has 2 aromatic heterocycles. The fourth-order valence-electron chi connectivity index (χ4n) is 3.83. The first-order valence-corrected chi connectivity index (χ1v) is 12.2.